The van der Waals surface area contributed by atoms with Crippen LogP contribution in [0, 0.1) is 18.8 Å². The number of hydrogen-bond acceptors (Lipinski definition) is 10. The molecule has 5 aromatic rings. The minimum atomic E-state index is -4.62. The van der Waals surface area contributed by atoms with Crippen LogP contribution < -0.4 is 34.9 Å². The molecular weight excluding hydrogens is 791 g/mol. The lowest BCUT2D eigenvalue weighted by molar-refractivity contribution is 0.101. The van der Waals surface area contributed by atoms with Crippen LogP contribution in [0.25, 0.3) is 5.57 Å². The fourth-order valence-corrected chi connectivity index (χ4v) is 8.93. The minimum absolute atomic E-state index is 0.0961. The van der Waals surface area contributed by atoms with Gasteiger partial charge >= 0.3 is 0 Å². The first kappa shape index (κ1) is 44.6. The molecular formula is C49H57N3O8S. The molecule has 1 aliphatic rings. The van der Waals surface area contributed by atoms with Crippen molar-refractivity contribution in [3.05, 3.63) is 142 Å². The minimum Gasteiger partial charge on any atom is -0.493 e. The van der Waals surface area contributed by atoms with E-state index in [4.69, 9.17) is 18.9 Å². The number of carbonyl (C=O) groups is 1. The van der Waals surface area contributed by atoms with Crippen LogP contribution in [0.1, 0.15) is 70.1 Å². The highest BCUT2D eigenvalue weighted by atomic mass is 32.2. The Morgan fingerprint density at radius 3 is 1.89 bits per heavy atom. The first-order chi connectivity index (χ1) is 29.2. The summed E-state index contributed by atoms with van der Waals surface area (Å²) in [5, 5.41) is 8.44. The van der Waals surface area contributed by atoms with E-state index in [1.54, 1.807) is 14.0 Å². The molecule has 0 aliphatic heterocycles. The summed E-state index contributed by atoms with van der Waals surface area (Å²) in [6, 6.07) is 29.2. The number of fused-ring (bicyclic) bond motifs is 1. The lowest BCUT2D eigenvalue weighted by Crippen LogP contribution is -2.37. The number of aryl methyl sites for hydroxylation is 1. The van der Waals surface area contributed by atoms with Crippen molar-refractivity contribution in [2.45, 2.75) is 65.5 Å². The summed E-state index contributed by atoms with van der Waals surface area (Å²) in [5.74, 6) is 1.32. The maximum atomic E-state index is 12.9. The van der Waals surface area contributed by atoms with Crippen LogP contribution in [-0.2, 0) is 42.6 Å². The number of Topliss-reactive ketones (excluding diaryl/α,β-unsaturated/α-hetero) is 1. The van der Waals surface area contributed by atoms with Gasteiger partial charge in [-0.3, -0.25) is 9.35 Å². The van der Waals surface area contributed by atoms with Gasteiger partial charge in [-0.25, -0.2) is 0 Å². The number of allylic oxidation sites excluding steroid dienone is 1. The van der Waals surface area contributed by atoms with Crippen LogP contribution in [0.4, 0.5) is 17.1 Å². The van der Waals surface area contributed by atoms with E-state index in [1.807, 2.05) is 75.5 Å². The maximum Gasteiger partial charge on any atom is 0.286 e. The van der Waals surface area contributed by atoms with Crippen molar-refractivity contribution in [3.8, 4) is 23.0 Å². The van der Waals surface area contributed by atoms with E-state index in [-0.39, 0.29) is 41.7 Å². The van der Waals surface area contributed by atoms with E-state index >= 15 is 0 Å². The molecule has 0 aromatic heterocycles. The van der Waals surface area contributed by atoms with Gasteiger partial charge in [0.1, 0.15) is 13.2 Å². The molecule has 0 saturated heterocycles. The van der Waals surface area contributed by atoms with Crippen LogP contribution in [-0.4, -0.2) is 51.9 Å². The average Bonchev–Trinajstić information content (AvgIpc) is 3.66. The Balaban J connectivity index is 1.20. The summed E-state index contributed by atoms with van der Waals surface area (Å²) < 4.78 is 60.3. The van der Waals surface area contributed by atoms with Crippen LogP contribution >= 0.6 is 0 Å². The topological polar surface area (TPSA) is 144 Å². The molecule has 2 unspecified atom stereocenters. The summed E-state index contributed by atoms with van der Waals surface area (Å²) in [6.07, 6.45) is 2.44. The van der Waals surface area contributed by atoms with Crippen molar-refractivity contribution < 1.29 is 36.7 Å². The molecule has 2 atom stereocenters. The fourth-order valence-electron chi connectivity index (χ4n) is 7.98. The number of carbonyl (C=O) groups excluding carboxylic acids is 1. The van der Waals surface area contributed by atoms with Crippen molar-refractivity contribution >= 4 is 38.5 Å². The molecule has 11 nitrogen and oxygen atoms in total. The number of ketones is 1. The van der Waals surface area contributed by atoms with E-state index in [9.17, 15) is 17.8 Å². The Morgan fingerprint density at radius 2 is 1.36 bits per heavy atom. The second kappa shape index (κ2) is 19.6. The fraction of sp³-hybridized carbons (Fsp3) is 0.327. The Hall–Kier alpha value is -5.98. The highest BCUT2D eigenvalue weighted by molar-refractivity contribution is 7.86. The molecule has 0 spiro atoms. The second-order valence-corrected chi connectivity index (χ2v) is 17.4. The molecule has 0 amide bonds. The molecule has 12 heteroatoms. The second-order valence-electron chi connectivity index (χ2n) is 15.9. The van der Waals surface area contributed by atoms with E-state index in [0.717, 1.165) is 64.2 Å². The van der Waals surface area contributed by atoms with E-state index in [1.165, 1.54) is 37.3 Å². The molecule has 0 fully saturated rings. The molecule has 6 rings (SSSR count). The standard InChI is InChI=1S/C49H57N3O8S/c1-30(2)41-23-45(57-7)47(25-43(41)51-27-34-19-38-15-11-12-16-39(38)20-34)59-28-35-18-36(22-40(21-35)50-6)29-60-48-26-44(42(33(5)53)24-46(48)58-8)52-49(61(54,55)56)32(4)17-37-14-10-9-13-31(37)3/h9-16,18,21-26,32,34,49-52H,1,17,19-20,27-29H2,2-8H3,(H,54,55,56). The molecule has 1 aliphatic carbocycles. The Bertz CT molecular complexity index is 2480. The third kappa shape index (κ3) is 11.0. The Labute approximate surface area is 360 Å². The number of methoxy groups -OCH3 is 2. The molecule has 0 radical (unpaired) electrons. The smallest absolute Gasteiger partial charge is 0.286 e. The first-order valence-electron chi connectivity index (χ1n) is 20.4. The van der Waals surface area contributed by atoms with Crippen molar-refractivity contribution in [2.24, 2.45) is 11.8 Å². The first-order valence-corrected chi connectivity index (χ1v) is 21.9. The van der Waals surface area contributed by atoms with Gasteiger partial charge in [-0.1, -0.05) is 62.0 Å². The van der Waals surface area contributed by atoms with Crippen molar-refractivity contribution in [1.29, 1.82) is 0 Å². The SMILES string of the molecule is C=C(C)c1cc(OC)c(OCc2cc(COc3cc(NC(C(C)Cc4ccccc4C)S(=O)(=O)O)c(C(C)=O)cc3OC)cc(NC)c2)cc1NCC1Cc2ccccc2C1. The van der Waals surface area contributed by atoms with Crippen molar-refractivity contribution in [2.75, 3.05) is 43.8 Å². The highest BCUT2D eigenvalue weighted by Gasteiger charge is 2.31. The molecule has 0 bridgehead atoms. The van der Waals surface area contributed by atoms with Gasteiger partial charge in [0.15, 0.2) is 34.2 Å². The predicted octanol–water partition coefficient (Wildman–Crippen LogP) is 9.78. The van der Waals surface area contributed by atoms with Gasteiger partial charge in [-0.15, -0.1) is 0 Å². The van der Waals surface area contributed by atoms with Crippen molar-refractivity contribution in [1.82, 2.24) is 0 Å². The number of rotatable bonds is 20. The number of hydrogen-bond donors (Lipinski definition) is 4. The zero-order valence-electron chi connectivity index (χ0n) is 36.1. The normalized spacial score (nSPS) is 13.4. The number of benzene rings is 5. The van der Waals surface area contributed by atoms with Gasteiger partial charge in [-0.05, 0) is 121 Å². The summed E-state index contributed by atoms with van der Waals surface area (Å²) in [7, 11) is 0.302. The average molecular weight is 848 g/mol. The van der Waals surface area contributed by atoms with Crippen LogP contribution in [0.2, 0.25) is 0 Å². The molecule has 0 heterocycles. The van der Waals surface area contributed by atoms with E-state index < -0.39 is 21.4 Å². The van der Waals surface area contributed by atoms with Gasteiger partial charge in [0.2, 0.25) is 0 Å². The van der Waals surface area contributed by atoms with Gasteiger partial charge < -0.3 is 34.9 Å². The molecule has 61 heavy (non-hydrogen) atoms. The van der Waals surface area contributed by atoms with Gasteiger partial charge in [0.05, 0.1) is 14.2 Å². The Morgan fingerprint density at radius 1 is 0.803 bits per heavy atom. The lowest BCUT2D eigenvalue weighted by Gasteiger charge is -2.26. The largest absolute Gasteiger partial charge is 0.493 e. The van der Waals surface area contributed by atoms with Crippen LogP contribution in [0.15, 0.2) is 97.6 Å². The third-order valence-electron chi connectivity index (χ3n) is 11.2. The monoisotopic (exact) mass is 847 g/mol. The lowest BCUT2D eigenvalue weighted by atomic mass is 9.97. The number of ether oxygens (including phenoxy) is 4. The number of nitrogens with one attached hydrogen (secondary N) is 3. The highest BCUT2D eigenvalue weighted by Crippen LogP contribution is 2.39. The van der Waals surface area contributed by atoms with E-state index in [2.05, 4.69) is 46.8 Å². The third-order valence-corrected chi connectivity index (χ3v) is 12.5. The molecule has 0 saturated carbocycles. The molecule has 4 N–H and O–H groups in total. The zero-order chi connectivity index (χ0) is 43.8. The molecule has 5 aromatic carbocycles. The quantitative estimate of drug-likeness (QED) is 0.0439. The summed E-state index contributed by atoms with van der Waals surface area (Å²) in [5.41, 5.74) is 10.5. The van der Waals surface area contributed by atoms with Crippen molar-refractivity contribution in [3.63, 3.8) is 0 Å². The van der Waals surface area contributed by atoms with Crippen LogP contribution in [0.3, 0.4) is 0 Å². The summed E-state index contributed by atoms with van der Waals surface area (Å²) >= 11 is 0. The van der Waals surface area contributed by atoms with Gasteiger partial charge in [0, 0.05) is 53.9 Å². The predicted molar refractivity (Wildman–Crippen MR) is 244 cm³/mol. The zero-order valence-corrected chi connectivity index (χ0v) is 36.9. The Kier molecular flexibility index (Phi) is 14.3. The van der Waals surface area contributed by atoms with Gasteiger partial charge in [0.25, 0.3) is 10.1 Å². The maximum absolute atomic E-state index is 12.9. The van der Waals surface area contributed by atoms with Crippen LogP contribution in [0.5, 0.6) is 23.0 Å². The molecule has 322 valence electrons. The summed E-state index contributed by atoms with van der Waals surface area (Å²) in [4.78, 5) is 12.9. The number of anilines is 3. The van der Waals surface area contributed by atoms with Gasteiger partial charge in [-0.2, -0.15) is 8.42 Å². The summed E-state index contributed by atoms with van der Waals surface area (Å²) in [6.45, 7) is 12.4. The van der Waals surface area contributed by atoms with E-state index in [0.29, 0.717) is 23.8 Å².